The highest BCUT2D eigenvalue weighted by atomic mass is 32.2. The van der Waals surface area contributed by atoms with E-state index in [1.807, 2.05) is 31.2 Å². The molecule has 1 fully saturated rings. The summed E-state index contributed by atoms with van der Waals surface area (Å²) in [5, 5.41) is 3.15. The van der Waals surface area contributed by atoms with Crippen molar-refractivity contribution in [1.82, 2.24) is 9.62 Å². The highest BCUT2D eigenvalue weighted by Gasteiger charge is 2.23. The molecule has 0 aliphatic carbocycles. The Morgan fingerprint density at radius 3 is 2.65 bits per heavy atom. The van der Waals surface area contributed by atoms with Crippen LogP contribution in [0, 0.1) is 6.92 Å². The van der Waals surface area contributed by atoms with Crippen molar-refractivity contribution >= 4 is 10.0 Å². The number of nitrogens with zero attached hydrogens (tertiary/aromatic N) is 1. The first kappa shape index (κ1) is 12.5. The van der Waals surface area contributed by atoms with Crippen LogP contribution in [-0.4, -0.2) is 38.9 Å². The largest absolute Gasteiger partial charge is 0.314 e. The Hall–Kier alpha value is -0.910. The summed E-state index contributed by atoms with van der Waals surface area (Å²) in [6.07, 6.45) is 0. The maximum atomic E-state index is 12.2. The molecule has 2 rings (SSSR count). The Morgan fingerprint density at radius 2 is 2.00 bits per heavy atom. The molecule has 0 unspecified atom stereocenters. The lowest BCUT2D eigenvalue weighted by molar-refractivity contribution is 0.360. The highest BCUT2D eigenvalue weighted by molar-refractivity contribution is 7.88. The maximum Gasteiger partial charge on any atom is 0.218 e. The molecule has 0 atom stereocenters. The van der Waals surface area contributed by atoms with Crippen LogP contribution in [0.4, 0.5) is 0 Å². The molecule has 1 aliphatic heterocycles. The molecule has 1 aromatic rings. The smallest absolute Gasteiger partial charge is 0.218 e. The van der Waals surface area contributed by atoms with Gasteiger partial charge in [-0.15, -0.1) is 0 Å². The quantitative estimate of drug-likeness (QED) is 0.865. The molecule has 1 aliphatic rings. The van der Waals surface area contributed by atoms with Gasteiger partial charge in [-0.05, 0) is 12.5 Å². The van der Waals surface area contributed by atoms with Crippen molar-refractivity contribution in [3.05, 3.63) is 35.4 Å². The van der Waals surface area contributed by atoms with Crippen molar-refractivity contribution < 1.29 is 8.42 Å². The second kappa shape index (κ2) is 5.16. The monoisotopic (exact) mass is 254 g/mol. The van der Waals surface area contributed by atoms with E-state index >= 15 is 0 Å². The van der Waals surface area contributed by atoms with Crippen molar-refractivity contribution in [3.8, 4) is 0 Å². The first-order valence-electron chi connectivity index (χ1n) is 5.82. The van der Waals surface area contributed by atoms with Crippen LogP contribution in [0.2, 0.25) is 0 Å². The third kappa shape index (κ3) is 3.28. The molecule has 4 nitrogen and oxygen atoms in total. The molecular weight excluding hydrogens is 236 g/mol. The van der Waals surface area contributed by atoms with Crippen LogP contribution in [0.1, 0.15) is 11.1 Å². The van der Waals surface area contributed by atoms with Gasteiger partial charge in [-0.1, -0.05) is 29.8 Å². The van der Waals surface area contributed by atoms with Gasteiger partial charge in [0.2, 0.25) is 10.0 Å². The Bertz CT molecular complexity index is 479. The van der Waals surface area contributed by atoms with E-state index in [1.54, 1.807) is 4.31 Å². The molecule has 0 amide bonds. The van der Waals surface area contributed by atoms with Gasteiger partial charge in [0.1, 0.15) is 0 Å². The fraction of sp³-hybridized carbons (Fsp3) is 0.500. The summed E-state index contributed by atoms with van der Waals surface area (Å²) in [6.45, 7) is 4.61. The van der Waals surface area contributed by atoms with Crippen molar-refractivity contribution in [2.75, 3.05) is 26.2 Å². The second-order valence-corrected chi connectivity index (χ2v) is 6.36. The molecule has 17 heavy (non-hydrogen) atoms. The van der Waals surface area contributed by atoms with Crippen LogP contribution in [0.25, 0.3) is 0 Å². The van der Waals surface area contributed by atoms with Crippen LogP contribution in [-0.2, 0) is 15.8 Å². The summed E-state index contributed by atoms with van der Waals surface area (Å²) in [6, 6.07) is 7.67. The minimum atomic E-state index is -3.16. The molecule has 1 heterocycles. The number of aryl methyl sites for hydroxylation is 1. The number of hydrogen-bond donors (Lipinski definition) is 1. The highest BCUT2D eigenvalue weighted by Crippen LogP contribution is 2.12. The maximum absolute atomic E-state index is 12.2. The number of nitrogens with one attached hydrogen (secondary N) is 1. The van der Waals surface area contributed by atoms with E-state index in [-0.39, 0.29) is 5.75 Å². The molecule has 0 bridgehead atoms. The zero-order chi connectivity index (χ0) is 12.3. The molecule has 0 aromatic heterocycles. The van der Waals surface area contributed by atoms with Crippen LogP contribution < -0.4 is 5.32 Å². The third-order valence-corrected chi connectivity index (χ3v) is 4.75. The van der Waals surface area contributed by atoms with Crippen LogP contribution >= 0.6 is 0 Å². The Balaban J connectivity index is 2.11. The van der Waals surface area contributed by atoms with Crippen LogP contribution in [0.15, 0.2) is 24.3 Å². The minimum absolute atomic E-state index is 0.106. The Morgan fingerprint density at radius 1 is 1.29 bits per heavy atom. The van der Waals surface area contributed by atoms with Crippen LogP contribution in [0.3, 0.4) is 0 Å². The molecule has 0 radical (unpaired) electrons. The van der Waals surface area contributed by atoms with Gasteiger partial charge < -0.3 is 5.32 Å². The number of piperazine rings is 1. The van der Waals surface area contributed by atoms with Crippen molar-refractivity contribution in [3.63, 3.8) is 0 Å². The van der Waals surface area contributed by atoms with E-state index in [0.717, 1.165) is 24.2 Å². The van der Waals surface area contributed by atoms with Crippen LogP contribution in [0.5, 0.6) is 0 Å². The SMILES string of the molecule is Cc1cccc(CS(=O)(=O)N2CCNCC2)c1. The van der Waals surface area contributed by atoms with E-state index in [4.69, 9.17) is 0 Å². The summed E-state index contributed by atoms with van der Waals surface area (Å²) in [7, 11) is -3.16. The van der Waals surface area contributed by atoms with Crippen molar-refractivity contribution in [2.45, 2.75) is 12.7 Å². The standard InChI is InChI=1S/C12H18N2O2S/c1-11-3-2-4-12(9-11)10-17(15,16)14-7-5-13-6-8-14/h2-4,9,13H,5-8,10H2,1H3. The van der Waals surface area contributed by atoms with Crippen molar-refractivity contribution in [2.24, 2.45) is 0 Å². The molecule has 1 aromatic carbocycles. The summed E-state index contributed by atoms with van der Waals surface area (Å²) >= 11 is 0. The van der Waals surface area contributed by atoms with Gasteiger partial charge in [0, 0.05) is 26.2 Å². The summed E-state index contributed by atoms with van der Waals surface area (Å²) in [5.74, 6) is 0.106. The van der Waals surface area contributed by atoms with Gasteiger partial charge in [0.15, 0.2) is 0 Å². The molecule has 1 N–H and O–H groups in total. The zero-order valence-electron chi connectivity index (χ0n) is 10.0. The molecule has 94 valence electrons. The average molecular weight is 254 g/mol. The number of rotatable bonds is 3. The Kier molecular flexibility index (Phi) is 3.81. The van der Waals surface area contributed by atoms with E-state index in [0.29, 0.717) is 13.1 Å². The summed E-state index contributed by atoms with van der Waals surface area (Å²) in [4.78, 5) is 0. The van der Waals surface area contributed by atoms with Gasteiger partial charge in [0.05, 0.1) is 5.75 Å². The van der Waals surface area contributed by atoms with E-state index in [1.165, 1.54) is 0 Å². The number of sulfonamides is 1. The van der Waals surface area contributed by atoms with E-state index in [2.05, 4.69) is 5.32 Å². The van der Waals surface area contributed by atoms with Gasteiger partial charge in [-0.3, -0.25) is 0 Å². The molecule has 1 saturated heterocycles. The first-order chi connectivity index (χ1) is 8.08. The molecular formula is C12H18N2O2S. The topological polar surface area (TPSA) is 49.4 Å². The first-order valence-corrected chi connectivity index (χ1v) is 7.43. The number of hydrogen-bond acceptors (Lipinski definition) is 3. The second-order valence-electron chi connectivity index (χ2n) is 4.39. The lowest BCUT2D eigenvalue weighted by Crippen LogP contribution is -2.46. The van der Waals surface area contributed by atoms with Gasteiger partial charge >= 0.3 is 0 Å². The summed E-state index contributed by atoms with van der Waals surface area (Å²) < 4.78 is 25.9. The van der Waals surface area contributed by atoms with E-state index in [9.17, 15) is 8.42 Å². The third-order valence-electron chi connectivity index (χ3n) is 2.90. The minimum Gasteiger partial charge on any atom is -0.314 e. The predicted octanol–water partition coefficient (Wildman–Crippen LogP) is 0.730. The average Bonchev–Trinajstić information content (AvgIpc) is 2.29. The zero-order valence-corrected chi connectivity index (χ0v) is 10.8. The predicted molar refractivity (Wildman–Crippen MR) is 68.2 cm³/mol. The fourth-order valence-corrected chi connectivity index (χ4v) is 3.55. The Labute approximate surface area is 103 Å². The van der Waals surface area contributed by atoms with Gasteiger partial charge in [0.25, 0.3) is 0 Å². The number of benzene rings is 1. The molecule has 5 heteroatoms. The molecule has 0 spiro atoms. The summed E-state index contributed by atoms with van der Waals surface area (Å²) in [5.41, 5.74) is 1.96. The van der Waals surface area contributed by atoms with E-state index < -0.39 is 10.0 Å². The lowest BCUT2D eigenvalue weighted by atomic mass is 10.2. The van der Waals surface area contributed by atoms with Gasteiger partial charge in [-0.25, -0.2) is 8.42 Å². The van der Waals surface area contributed by atoms with Crippen molar-refractivity contribution in [1.29, 1.82) is 0 Å². The normalized spacial score (nSPS) is 18.2. The fourth-order valence-electron chi connectivity index (χ4n) is 2.03. The lowest BCUT2D eigenvalue weighted by Gasteiger charge is -2.26. The molecule has 0 saturated carbocycles. The van der Waals surface area contributed by atoms with Gasteiger partial charge in [-0.2, -0.15) is 4.31 Å².